The largest absolute Gasteiger partial charge is 0.481 e. The van der Waals surface area contributed by atoms with Gasteiger partial charge in [0.05, 0.1) is 0 Å². The summed E-state index contributed by atoms with van der Waals surface area (Å²) in [6.07, 6.45) is 25.7. The predicted molar refractivity (Wildman–Crippen MR) is 101 cm³/mol. The monoisotopic (exact) mass is 324 g/mol. The lowest BCUT2D eigenvalue weighted by atomic mass is 10.1. The molecule has 1 aliphatic carbocycles. The van der Waals surface area contributed by atoms with Gasteiger partial charge in [0.25, 0.3) is 0 Å². The second kappa shape index (κ2) is 19.3. The van der Waals surface area contributed by atoms with Crippen molar-refractivity contribution in [1.82, 2.24) is 0 Å². The van der Waals surface area contributed by atoms with Gasteiger partial charge in [-0.15, -0.1) is 0 Å². The topological polar surface area (TPSA) is 37.3 Å². The Bertz CT molecular complexity index is 266. The van der Waals surface area contributed by atoms with Crippen LogP contribution in [0.1, 0.15) is 116 Å². The molecule has 0 saturated heterocycles. The smallest absolute Gasteiger partial charge is 0.303 e. The fourth-order valence-corrected chi connectivity index (χ4v) is 2.35. The molecule has 0 aliphatic heterocycles. The first kappa shape index (κ1) is 22.2. The van der Waals surface area contributed by atoms with E-state index in [0.717, 1.165) is 12.8 Å². The lowest BCUT2D eigenvalue weighted by molar-refractivity contribution is -0.137. The van der Waals surface area contributed by atoms with Crippen LogP contribution >= 0.6 is 0 Å². The number of rotatable bonds is 15. The second-order valence-corrected chi connectivity index (χ2v) is 6.79. The maximum atomic E-state index is 10.3. The lowest BCUT2D eigenvalue weighted by Gasteiger charge is -1.99. The van der Waals surface area contributed by atoms with Crippen molar-refractivity contribution >= 4 is 5.97 Å². The van der Waals surface area contributed by atoms with E-state index in [4.69, 9.17) is 5.11 Å². The highest BCUT2D eigenvalue weighted by molar-refractivity contribution is 5.66. The fourth-order valence-electron chi connectivity index (χ4n) is 2.35. The Morgan fingerprint density at radius 3 is 1.61 bits per heavy atom. The van der Waals surface area contributed by atoms with Crippen LogP contribution in [0.5, 0.6) is 0 Å². The molecule has 1 N–H and O–H groups in total. The summed E-state index contributed by atoms with van der Waals surface area (Å²) in [6.45, 7) is 2.26. The van der Waals surface area contributed by atoms with Gasteiger partial charge in [0.15, 0.2) is 0 Å². The summed E-state index contributed by atoms with van der Waals surface area (Å²) in [5, 5.41) is 8.51. The molecule has 0 amide bonds. The van der Waals surface area contributed by atoms with Crippen molar-refractivity contribution in [3.05, 3.63) is 12.2 Å². The summed E-state index contributed by atoms with van der Waals surface area (Å²) in [4.78, 5) is 10.3. The first-order valence-corrected chi connectivity index (χ1v) is 10.1. The van der Waals surface area contributed by atoms with Crippen LogP contribution in [0, 0.1) is 0 Å². The van der Waals surface area contributed by atoms with E-state index in [-0.39, 0.29) is 0 Å². The van der Waals surface area contributed by atoms with Crippen LogP contribution in [0.25, 0.3) is 0 Å². The molecule has 136 valence electrons. The van der Waals surface area contributed by atoms with Gasteiger partial charge in [0.1, 0.15) is 0 Å². The van der Waals surface area contributed by atoms with Crippen LogP contribution in [0.2, 0.25) is 0 Å². The maximum absolute atomic E-state index is 10.3. The molecular formula is C21H40O2. The van der Waals surface area contributed by atoms with Crippen molar-refractivity contribution in [2.24, 2.45) is 0 Å². The standard InChI is InChI=1S/C18H34O2.C3H6/c1-2-3-4-5-6-7-8-9-10-11-12-13-14-15-16-17-18(19)20;1-2-3-1/h9-10H,2-8,11-17H2,1H3,(H,19,20);1-3H2/b10-9+;. The number of carbonyl (C=O) groups is 1. The molecule has 1 saturated carbocycles. The first-order chi connectivity index (χ1) is 11.3. The average molecular weight is 325 g/mol. The highest BCUT2D eigenvalue weighted by Crippen LogP contribution is 2.15. The van der Waals surface area contributed by atoms with E-state index >= 15 is 0 Å². The van der Waals surface area contributed by atoms with Gasteiger partial charge in [-0.3, -0.25) is 4.79 Å². The van der Waals surface area contributed by atoms with Gasteiger partial charge in [-0.05, 0) is 32.1 Å². The minimum Gasteiger partial charge on any atom is -0.481 e. The van der Waals surface area contributed by atoms with Gasteiger partial charge in [-0.1, -0.05) is 89.7 Å². The summed E-state index contributed by atoms with van der Waals surface area (Å²) in [6, 6.07) is 0. The van der Waals surface area contributed by atoms with Crippen LogP contribution in [0.4, 0.5) is 0 Å². The highest BCUT2D eigenvalue weighted by Gasteiger charge is 1.96. The van der Waals surface area contributed by atoms with Crippen molar-refractivity contribution in [2.75, 3.05) is 0 Å². The lowest BCUT2D eigenvalue weighted by Crippen LogP contribution is -1.93. The molecule has 0 spiro atoms. The molecule has 0 unspecified atom stereocenters. The summed E-state index contributed by atoms with van der Waals surface area (Å²) in [5.74, 6) is -0.664. The Kier molecular flexibility index (Phi) is 18.6. The SMILES string of the molecule is C1CC1.CCCCCCCC/C=C/CCCCCCCC(=O)O. The third-order valence-corrected chi connectivity index (χ3v) is 4.01. The molecule has 23 heavy (non-hydrogen) atoms. The zero-order valence-corrected chi connectivity index (χ0v) is 15.5. The molecule has 0 aromatic carbocycles. The molecule has 1 fully saturated rings. The van der Waals surface area contributed by atoms with Crippen LogP contribution in [-0.4, -0.2) is 11.1 Å². The van der Waals surface area contributed by atoms with Gasteiger partial charge in [-0.25, -0.2) is 0 Å². The van der Waals surface area contributed by atoms with Crippen molar-refractivity contribution < 1.29 is 9.90 Å². The third-order valence-electron chi connectivity index (χ3n) is 4.01. The number of aliphatic carboxylic acids is 1. The second-order valence-electron chi connectivity index (χ2n) is 6.79. The van der Waals surface area contributed by atoms with Gasteiger partial charge < -0.3 is 5.11 Å². The number of unbranched alkanes of at least 4 members (excludes halogenated alkanes) is 11. The van der Waals surface area contributed by atoms with E-state index in [2.05, 4.69) is 19.1 Å². The van der Waals surface area contributed by atoms with Crippen LogP contribution in [0.15, 0.2) is 12.2 Å². The number of allylic oxidation sites excluding steroid dienone is 2. The molecule has 1 rings (SSSR count). The molecule has 2 nitrogen and oxygen atoms in total. The van der Waals surface area contributed by atoms with E-state index in [1.807, 2.05) is 0 Å². The number of carboxylic acids is 1. The summed E-state index contributed by atoms with van der Waals surface area (Å²) >= 11 is 0. The van der Waals surface area contributed by atoms with Crippen LogP contribution in [0.3, 0.4) is 0 Å². The van der Waals surface area contributed by atoms with Crippen molar-refractivity contribution in [2.45, 2.75) is 116 Å². The molecular weight excluding hydrogens is 284 g/mol. The average Bonchev–Trinajstić information content (AvgIpc) is 3.39. The zero-order valence-electron chi connectivity index (χ0n) is 15.5. The third kappa shape index (κ3) is 26.4. The number of hydrogen-bond donors (Lipinski definition) is 1. The highest BCUT2D eigenvalue weighted by atomic mass is 16.4. The van der Waals surface area contributed by atoms with Gasteiger partial charge >= 0.3 is 5.97 Å². The van der Waals surface area contributed by atoms with Gasteiger partial charge in [0.2, 0.25) is 0 Å². The molecule has 0 aromatic rings. The molecule has 2 heteroatoms. The summed E-state index contributed by atoms with van der Waals surface area (Å²) < 4.78 is 0. The quantitative estimate of drug-likeness (QED) is 0.254. The Hall–Kier alpha value is -0.790. The molecule has 0 atom stereocenters. The minimum atomic E-state index is -0.664. The Morgan fingerprint density at radius 2 is 1.17 bits per heavy atom. The molecule has 0 aromatic heterocycles. The number of hydrogen-bond acceptors (Lipinski definition) is 1. The van der Waals surface area contributed by atoms with Crippen LogP contribution in [-0.2, 0) is 4.79 Å². The van der Waals surface area contributed by atoms with E-state index < -0.39 is 5.97 Å². The van der Waals surface area contributed by atoms with Crippen molar-refractivity contribution in [1.29, 1.82) is 0 Å². The van der Waals surface area contributed by atoms with Crippen LogP contribution < -0.4 is 0 Å². The Balaban J connectivity index is 0.00000143. The van der Waals surface area contributed by atoms with Gasteiger partial charge in [0, 0.05) is 6.42 Å². The van der Waals surface area contributed by atoms with Gasteiger partial charge in [-0.2, -0.15) is 0 Å². The Morgan fingerprint density at radius 1 is 0.739 bits per heavy atom. The first-order valence-electron chi connectivity index (χ1n) is 10.1. The minimum absolute atomic E-state index is 0.332. The van der Waals surface area contributed by atoms with Crippen molar-refractivity contribution in [3.8, 4) is 0 Å². The van der Waals surface area contributed by atoms with E-state index in [9.17, 15) is 4.79 Å². The molecule has 1 aliphatic rings. The van der Waals surface area contributed by atoms with E-state index in [1.54, 1.807) is 0 Å². The molecule has 0 radical (unpaired) electrons. The predicted octanol–water partition coefficient (Wildman–Crippen LogP) is 7.28. The summed E-state index contributed by atoms with van der Waals surface area (Å²) in [5.41, 5.74) is 0. The summed E-state index contributed by atoms with van der Waals surface area (Å²) in [7, 11) is 0. The molecule has 0 bridgehead atoms. The fraction of sp³-hybridized carbons (Fsp3) is 0.857. The maximum Gasteiger partial charge on any atom is 0.303 e. The normalized spacial score (nSPS) is 12.9. The van der Waals surface area contributed by atoms with E-state index in [1.165, 1.54) is 89.9 Å². The molecule has 0 heterocycles. The van der Waals surface area contributed by atoms with E-state index in [0.29, 0.717) is 6.42 Å². The Labute approximate surface area is 144 Å². The van der Waals surface area contributed by atoms with Crippen molar-refractivity contribution in [3.63, 3.8) is 0 Å². The number of carboxylic acid groups (broad SMARTS) is 1. The zero-order chi connectivity index (χ0) is 17.0.